The highest BCUT2D eigenvalue weighted by Gasteiger charge is 2.26. The predicted molar refractivity (Wildman–Crippen MR) is 117 cm³/mol. The molecule has 0 amide bonds. The third-order valence-electron chi connectivity index (χ3n) is 6.28. The van der Waals surface area contributed by atoms with Crippen LogP contribution in [-0.4, -0.2) is 76.1 Å². The molecule has 0 aliphatic carbocycles. The van der Waals surface area contributed by atoms with Crippen LogP contribution in [0.25, 0.3) is 33.2 Å². The van der Waals surface area contributed by atoms with Crippen molar-refractivity contribution in [2.75, 3.05) is 51.3 Å². The molecule has 1 atom stereocenters. The number of benzene rings is 1. The van der Waals surface area contributed by atoms with E-state index in [0.29, 0.717) is 19.3 Å². The first kappa shape index (κ1) is 17.9. The lowest BCUT2D eigenvalue weighted by Gasteiger charge is -2.27. The zero-order valence-corrected chi connectivity index (χ0v) is 17.1. The Bertz CT molecular complexity index is 1210. The lowest BCUT2D eigenvalue weighted by molar-refractivity contribution is 0.122. The normalized spacial score (nSPS) is 20.6. The fraction of sp³-hybridized carbons (Fsp3) is 0.409. The van der Waals surface area contributed by atoms with Crippen molar-refractivity contribution in [2.45, 2.75) is 12.5 Å². The summed E-state index contributed by atoms with van der Waals surface area (Å²) in [6.45, 7) is 5.11. The van der Waals surface area contributed by atoms with Crippen LogP contribution in [0.1, 0.15) is 12.5 Å². The topological polar surface area (TPSA) is 75.1 Å². The molecule has 3 aromatic heterocycles. The van der Waals surface area contributed by atoms with Crippen molar-refractivity contribution in [1.29, 1.82) is 0 Å². The van der Waals surface area contributed by atoms with Crippen molar-refractivity contribution in [3.05, 3.63) is 36.7 Å². The average molecular weight is 403 g/mol. The van der Waals surface area contributed by atoms with Crippen LogP contribution in [0.2, 0.25) is 0 Å². The van der Waals surface area contributed by atoms with Crippen LogP contribution >= 0.6 is 0 Å². The molecule has 8 nitrogen and oxygen atoms in total. The van der Waals surface area contributed by atoms with Gasteiger partial charge in [0.25, 0.3) is 0 Å². The number of likely N-dealkylation sites (N-methyl/N-ethyl adjacent to an activating group) is 1. The number of nitrogens with zero attached hydrogens (tertiary/aromatic N) is 6. The number of likely N-dealkylation sites (tertiary alicyclic amines) is 1. The Kier molecular flexibility index (Phi) is 4.21. The van der Waals surface area contributed by atoms with E-state index >= 15 is 0 Å². The van der Waals surface area contributed by atoms with Crippen LogP contribution in [0.4, 0.5) is 5.95 Å². The van der Waals surface area contributed by atoms with Gasteiger partial charge in [-0.3, -0.25) is 0 Å². The van der Waals surface area contributed by atoms with E-state index in [1.54, 1.807) is 0 Å². The number of anilines is 1. The first-order chi connectivity index (χ1) is 14.8. The lowest BCUT2D eigenvalue weighted by Crippen LogP contribution is -2.37. The van der Waals surface area contributed by atoms with Gasteiger partial charge in [-0.05, 0) is 31.0 Å². The number of morpholine rings is 1. The second-order valence-electron chi connectivity index (χ2n) is 8.28. The first-order valence-electron chi connectivity index (χ1n) is 10.6. The molecular formula is C22H25N7O. The Morgan fingerprint density at radius 2 is 2.00 bits per heavy atom. The quantitative estimate of drug-likeness (QED) is 0.567. The van der Waals surface area contributed by atoms with Crippen molar-refractivity contribution in [2.24, 2.45) is 0 Å². The van der Waals surface area contributed by atoms with E-state index in [2.05, 4.69) is 50.8 Å². The maximum atomic E-state index is 5.54. The standard InChI is InChI=1S/C22H25N7O/c1-27-7-5-17(14-27)29-21-18(13-24-29)20(16-3-2-15-4-6-23-19(15)12-16)25-22(26-21)28-8-10-30-11-9-28/h2-4,6,12-13,17,23H,5,7-11,14H2,1H3. The van der Waals surface area contributed by atoms with E-state index < -0.39 is 0 Å². The van der Waals surface area contributed by atoms with E-state index in [9.17, 15) is 0 Å². The summed E-state index contributed by atoms with van der Waals surface area (Å²) >= 11 is 0. The minimum Gasteiger partial charge on any atom is -0.378 e. The summed E-state index contributed by atoms with van der Waals surface area (Å²) in [6, 6.07) is 8.88. The van der Waals surface area contributed by atoms with Gasteiger partial charge in [0.05, 0.1) is 36.5 Å². The SMILES string of the molecule is CN1CCC(n2ncc3c(-c4ccc5cc[nH]c5c4)nc(N4CCOCC4)nc32)C1. The largest absolute Gasteiger partial charge is 0.378 e. The van der Waals surface area contributed by atoms with Crippen molar-refractivity contribution >= 4 is 27.9 Å². The zero-order valence-electron chi connectivity index (χ0n) is 17.1. The van der Waals surface area contributed by atoms with Gasteiger partial charge in [0.15, 0.2) is 5.65 Å². The third kappa shape index (κ3) is 2.95. The van der Waals surface area contributed by atoms with Gasteiger partial charge in [-0.15, -0.1) is 0 Å². The van der Waals surface area contributed by atoms with Crippen LogP contribution in [0.5, 0.6) is 0 Å². The van der Waals surface area contributed by atoms with Crippen molar-refractivity contribution < 1.29 is 4.74 Å². The number of fused-ring (bicyclic) bond motifs is 2. The number of H-pyrrole nitrogens is 1. The zero-order chi connectivity index (χ0) is 20.1. The predicted octanol–water partition coefficient (Wildman–Crippen LogP) is 2.69. The van der Waals surface area contributed by atoms with E-state index in [4.69, 9.17) is 19.8 Å². The molecule has 1 aromatic carbocycles. The van der Waals surface area contributed by atoms with Gasteiger partial charge in [0.1, 0.15) is 0 Å². The molecule has 5 heterocycles. The summed E-state index contributed by atoms with van der Waals surface area (Å²) in [5.74, 6) is 0.764. The molecule has 4 aromatic rings. The molecule has 6 rings (SSSR count). The van der Waals surface area contributed by atoms with Gasteiger partial charge < -0.3 is 19.5 Å². The van der Waals surface area contributed by atoms with E-state index in [0.717, 1.165) is 66.4 Å². The molecule has 0 bridgehead atoms. The highest BCUT2D eigenvalue weighted by Crippen LogP contribution is 2.32. The monoisotopic (exact) mass is 403 g/mol. The Morgan fingerprint density at radius 3 is 2.83 bits per heavy atom. The van der Waals surface area contributed by atoms with Crippen LogP contribution < -0.4 is 4.90 Å². The summed E-state index contributed by atoms with van der Waals surface area (Å²) in [6.07, 6.45) is 5.00. The van der Waals surface area contributed by atoms with Crippen LogP contribution in [0.3, 0.4) is 0 Å². The molecule has 0 spiro atoms. The van der Waals surface area contributed by atoms with Crippen LogP contribution in [0, 0.1) is 0 Å². The molecule has 1 N–H and O–H groups in total. The van der Waals surface area contributed by atoms with E-state index in [1.807, 2.05) is 12.4 Å². The van der Waals surface area contributed by atoms with E-state index in [1.165, 1.54) is 5.39 Å². The molecule has 2 fully saturated rings. The summed E-state index contributed by atoms with van der Waals surface area (Å²) in [7, 11) is 2.16. The summed E-state index contributed by atoms with van der Waals surface area (Å²) in [4.78, 5) is 17.9. The molecule has 0 saturated carbocycles. The minimum atomic E-state index is 0.346. The number of rotatable bonds is 3. The fourth-order valence-electron chi connectivity index (χ4n) is 4.61. The number of nitrogens with one attached hydrogen (secondary N) is 1. The summed E-state index contributed by atoms with van der Waals surface area (Å²) in [5, 5.41) is 6.98. The average Bonchev–Trinajstić information content (AvgIpc) is 3.52. The molecular weight excluding hydrogens is 378 g/mol. The Hall–Kier alpha value is -2.97. The number of aromatic amines is 1. The maximum Gasteiger partial charge on any atom is 0.228 e. The Labute approximate surface area is 174 Å². The number of hydrogen-bond donors (Lipinski definition) is 1. The van der Waals surface area contributed by atoms with Crippen molar-refractivity contribution in [3.8, 4) is 11.3 Å². The van der Waals surface area contributed by atoms with Gasteiger partial charge in [-0.25, -0.2) is 9.67 Å². The summed E-state index contributed by atoms with van der Waals surface area (Å²) in [5.41, 5.74) is 4.05. The Balaban J connectivity index is 1.53. The first-order valence-corrected chi connectivity index (χ1v) is 10.6. The molecule has 30 heavy (non-hydrogen) atoms. The van der Waals surface area contributed by atoms with Gasteiger partial charge in [-0.1, -0.05) is 12.1 Å². The van der Waals surface area contributed by atoms with Gasteiger partial charge >= 0.3 is 0 Å². The third-order valence-corrected chi connectivity index (χ3v) is 6.28. The Morgan fingerprint density at radius 1 is 1.10 bits per heavy atom. The van der Waals surface area contributed by atoms with Crippen LogP contribution in [0.15, 0.2) is 36.7 Å². The highest BCUT2D eigenvalue weighted by atomic mass is 16.5. The van der Waals surface area contributed by atoms with Crippen LogP contribution in [-0.2, 0) is 4.74 Å². The molecule has 2 aliphatic heterocycles. The lowest BCUT2D eigenvalue weighted by atomic mass is 10.1. The van der Waals surface area contributed by atoms with Gasteiger partial charge in [0.2, 0.25) is 5.95 Å². The molecule has 0 radical (unpaired) electrons. The molecule has 154 valence electrons. The molecule has 2 saturated heterocycles. The number of hydrogen-bond acceptors (Lipinski definition) is 6. The second kappa shape index (κ2) is 7.07. The van der Waals surface area contributed by atoms with Crippen molar-refractivity contribution in [3.63, 3.8) is 0 Å². The maximum absolute atomic E-state index is 5.54. The fourth-order valence-corrected chi connectivity index (χ4v) is 4.61. The number of ether oxygens (including phenoxy) is 1. The van der Waals surface area contributed by atoms with Gasteiger partial charge in [0, 0.05) is 43.5 Å². The second-order valence-corrected chi connectivity index (χ2v) is 8.28. The van der Waals surface area contributed by atoms with Crippen molar-refractivity contribution in [1.82, 2.24) is 29.6 Å². The van der Waals surface area contributed by atoms with E-state index in [-0.39, 0.29) is 0 Å². The highest BCUT2D eigenvalue weighted by molar-refractivity contribution is 5.94. The summed E-state index contributed by atoms with van der Waals surface area (Å²) < 4.78 is 7.65. The van der Waals surface area contributed by atoms with Gasteiger partial charge in [-0.2, -0.15) is 10.1 Å². The molecule has 8 heteroatoms. The minimum absolute atomic E-state index is 0.346. The molecule has 2 aliphatic rings. The molecule has 1 unspecified atom stereocenters. The number of aromatic nitrogens is 5. The smallest absolute Gasteiger partial charge is 0.228 e.